The van der Waals surface area contributed by atoms with Gasteiger partial charge in [0.15, 0.2) is 5.78 Å². The lowest BCUT2D eigenvalue weighted by Crippen LogP contribution is -2.24. The average molecular weight is 246 g/mol. The van der Waals surface area contributed by atoms with Crippen molar-refractivity contribution in [2.24, 2.45) is 0 Å². The van der Waals surface area contributed by atoms with E-state index in [4.69, 9.17) is 9.47 Å². The van der Waals surface area contributed by atoms with E-state index in [1.807, 2.05) is 30.3 Å². The lowest BCUT2D eigenvalue weighted by Gasteiger charge is -2.24. The van der Waals surface area contributed by atoms with Gasteiger partial charge in [0, 0.05) is 11.6 Å². The Morgan fingerprint density at radius 1 is 1.33 bits per heavy atom. The Hall–Kier alpha value is -1.61. The van der Waals surface area contributed by atoms with Crippen LogP contribution in [0.1, 0.15) is 31.7 Å². The molecule has 2 rings (SSSR count). The molecule has 1 heterocycles. The van der Waals surface area contributed by atoms with Gasteiger partial charge in [-0.3, -0.25) is 4.79 Å². The zero-order chi connectivity index (χ0) is 12.8. The van der Waals surface area contributed by atoms with Crippen LogP contribution < -0.4 is 0 Å². The van der Waals surface area contributed by atoms with Crippen LogP contribution >= 0.6 is 0 Å². The maximum absolute atomic E-state index is 11.7. The van der Waals surface area contributed by atoms with E-state index in [0.717, 1.165) is 18.4 Å². The van der Waals surface area contributed by atoms with E-state index >= 15 is 0 Å². The summed E-state index contributed by atoms with van der Waals surface area (Å²) in [6.07, 6.45) is 3.47. The van der Waals surface area contributed by atoms with E-state index in [0.29, 0.717) is 18.8 Å². The quantitative estimate of drug-likeness (QED) is 0.749. The first-order valence-electron chi connectivity index (χ1n) is 6.38. The highest BCUT2D eigenvalue weighted by molar-refractivity contribution is 5.97. The highest BCUT2D eigenvalue weighted by Crippen LogP contribution is 2.24. The fourth-order valence-corrected chi connectivity index (χ4v) is 1.79. The normalized spacial score (nSPS) is 19.3. The van der Waals surface area contributed by atoms with E-state index in [-0.39, 0.29) is 5.78 Å². The summed E-state index contributed by atoms with van der Waals surface area (Å²) in [7, 11) is 0. The Kier molecular flexibility index (Phi) is 4.53. The van der Waals surface area contributed by atoms with Crippen molar-refractivity contribution >= 4 is 11.5 Å². The molecule has 1 aliphatic heterocycles. The molecule has 0 aliphatic carbocycles. The Bertz CT molecular complexity index is 423. The molecule has 1 unspecified atom stereocenters. The van der Waals surface area contributed by atoms with Crippen LogP contribution in [0.5, 0.6) is 0 Å². The van der Waals surface area contributed by atoms with E-state index in [9.17, 15) is 4.79 Å². The van der Waals surface area contributed by atoms with E-state index in [2.05, 4.69) is 6.92 Å². The van der Waals surface area contributed by atoms with Gasteiger partial charge in [0.1, 0.15) is 5.76 Å². The monoisotopic (exact) mass is 246 g/mol. The second-order valence-electron chi connectivity index (χ2n) is 4.32. The van der Waals surface area contributed by atoms with E-state index in [1.165, 1.54) is 0 Å². The van der Waals surface area contributed by atoms with Gasteiger partial charge in [0.25, 0.3) is 0 Å². The standard InChI is InChI=1S/C15H18O3/c1-2-3-9-17-15-11-13(16)10-14(18-15)12-7-5-4-6-8-12/h4-8,10,15H,2-3,9,11H2,1H3. The van der Waals surface area contributed by atoms with Crippen LogP contribution in [0.25, 0.3) is 5.76 Å². The second kappa shape index (κ2) is 6.36. The number of hydrogen-bond donors (Lipinski definition) is 0. The zero-order valence-electron chi connectivity index (χ0n) is 10.6. The number of ketones is 1. The van der Waals surface area contributed by atoms with E-state index < -0.39 is 6.29 Å². The fourth-order valence-electron chi connectivity index (χ4n) is 1.79. The molecule has 1 aromatic carbocycles. The second-order valence-corrected chi connectivity index (χ2v) is 4.32. The molecule has 1 aromatic rings. The minimum Gasteiger partial charge on any atom is -0.464 e. The van der Waals surface area contributed by atoms with Gasteiger partial charge in [-0.2, -0.15) is 0 Å². The Balaban J connectivity index is 2.01. The molecular formula is C15H18O3. The maximum atomic E-state index is 11.7. The molecule has 96 valence electrons. The van der Waals surface area contributed by atoms with Crippen LogP contribution in [-0.2, 0) is 14.3 Å². The smallest absolute Gasteiger partial charge is 0.207 e. The number of benzene rings is 1. The number of rotatable bonds is 5. The molecule has 0 fully saturated rings. The highest BCUT2D eigenvalue weighted by atomic mass is 16.7. The van der Waals surface area contributed by atoms with Crippen molar-refractivity contribution in [1.29, 1.82) is 0 Å². The van der Waals surface area contributed by atoms with Crippen molar-refractivity contribution < 1.29 is 14.3 Å². The number of hydrogen-bond acceptors (Lipinski definition) is 3. The molecule has 1 atom stereocenters. The fraction of sp³-hybridized carbons (Fsp3) is 0.400. The number of carbonyl (C=O) groups excluding carboxylic acids is 1. The molecule has 0 aromatic heterocycles. The lowest BCUT2D eigenvalue weighted by atomic mass is 10.1. The summed E-state index contributed by atoms with van der Waals surface area (Å²) in [4.78, 5) is 11.7. The van der Waals surface area contributed by atoms with Crippen LogP contribution in [0, 0.1) is 0 Å². The molecule has 18 heavy (non-hydrogen) atoms. The summed E-state index contributed by atoms with van der Waals surface area (Å²) in [5.74, 6) is 0.662. The largest absolute Gasteiger partial charge is 0.464 e. The number of allylic oxidation sites excluding steroid dienone is 1. The molecule has 0 saturated carbocycles. The van der Waals surface area contributed by atoms with Gasteiger partial charge >= 0.3 is 0 Å². The van der Waals surface area contributed by atoms with Crippen molar-refractivity contribution in [3.63, 3.8) is 0 Å². The minimum atomic E-state index is -0.441. The van der Waals surface area contributed by atoms with E-state index in [1.54, 1.807) is 6.08 Å². The molecule has 0 N–H and O–H groups in total. The summed E-state index contributed by atoms with van der Waals surface area (Å²) in [6.45, 7) is 2.74. The van der Waals surface area contributed by atoms with Crippen LogP contribution in [0.15, 0.2) is 36.4 Å². The van der Waals surface area contributed by atoms with Crippen molar-refractivity contribution in [3.05, 3.63) is 42.0 Å². The van der Waals surface area contributed by atoms with Gasteiger partial charge in [-0.15, -0.1) is 0 Å². The van der Waals surface area contributed by atoms with Gasteiger partial charge in [0.05, 0.1) is 13.0 Å². The Morgan fingerprint density at radius 2 is 2.11 bits per heavy atom. The van der Waals surface area contributed by atoms with Gasteiger partial charge in [-0.25, -0.2) is 0 Å². The Labute approximate surface area is 107 Å². The third-order valence-corrected chi connectivity index (χ3v) is 2.78. The Morgan fingerprint density at radius 3 is 2.83 bits per heavy atom. The first-order chi connectivity index (χ1) is 8.79. The first kappa shape index (κ1) is 12.8. The molecule has 0 bridgehead atoms. The van der Waals surface area contributed by atoms with Crippen molar-refractivity contribution in [2.45, 2.75) is 32.5 Å². The molecule has 1 aliphatic rings. The molecule has 0 amide bonds. The van der Waals surface area contributed by atoms with Crippen molar-refractivity contribution in [1.82, 2.24) is 0 Å². The van der Waals surface area contributed by atoms with Crippen molar-refractivity contribution in [2.75, 3.05) is 6.61 Å². The molecule has 3 heteroatoms. The summed E-state index contributed by atoms with van der Waals surface area (Å²) < 4.78 is 11.3. The third-order valence-electron chi connectivity index (χ3n) is 2.78. The summed E-state index contributed by atoms with van der Waals surface area (Å²) in [5.41, 5.74) is 0.912. The van der Waals surface area contributed by atoms with Gasteiger partial charge in [-0.1, -0.05) is 43.7 Å². The van der Waals surface area contributed by atoms with Gasteiger partial charge in [0.2, 0.25) is 6.29 Å². The summed E-state index contributed by atoms with van der Waals surface area (Å²) in [5, 5.41) is 0. The highest BCUT2D eigenvalue weighted by Gasteiger charge is 2.22. The SMILES string of the molecule is CCCCOC1CC(=O)C=C(c2ccccc2)O1. The van der Waals surface area contributed by atoms with Crippen LogP contribution in [0.3, 0.4) is 0 Å². The lowest BCUT2D eigenvalue weighted by molar-refractivity contribution is -0.135. The average Bonchev–Trinajstić information content (AvgIpc) is 2.39. The first-order valence-corrected chi connectivity index (χ1v) is 6.38. The van der Waals surface area contributed by atoms with Crippen LogP contribution in [0.4, 0.5) is 0 Å². The predicted octanol–water partition coefficient (Wildman–Crippen LogP) is 3.16. The van der Waals surface area contributed by atoms with Gasteiger partial charge < -0.3 is 9.47 Å². The molecular weight excluding hydrogens is 228 g/mol. The summed E-state index contributed by atoms with van der Waals surface area (Å²) >= 11 is 0. The summed E-state index contributed by atoms with van der Waals surface area (Å²) in [6, 6.07) is 9.63. The zero-order valence-corrected chi connectivity index (χ0v) is 10.6. The van der Waals surface area contributed by atoms with Gasteiger partial charge in [-0.05, 0) is 6.42 Å². The number of ether oxygens (including phenoxy) is 2. The maximum Gasteiger partial charge on any atom is 0.207 e. The topological polar surface area (TPSA) is 35.5 Å². The van der Waals surface area contributed by atoms with Crippen LogP contribution in [0.2, 0.25) is 0 Å². The molecule has 0 saturated heterocycles. The number of carbonyl (C=O) groups is 1. The third kappa shape index (κ3) is 3.44. The molecule has 0 radical (unpaired) electrons. The number of unbranched alkanes of at least 4 members (excludes halogenated alkanes) is 1. The van der Waals surface area contributed by atoms with Crippen molar-refractivity contribution in [3.8, 4) is 0 Å². The molecule has 3 nitrogen and oxygen atoms in total. The predicted molar refractivity (Wildman–Crippen MR) is 69.8 cm³/mol. The minimum absolute atomic E-state index is 0.0570. The molecule has 0 spiro atoms. The van der Waals surface area contributed by atoms with Crippen LogP contribution in [-0.4, -0.2) is 18.7 Å².